The summed E-state index contributed by atoms with van der Waals surface area (Å²) in [6.45, 7) is 4.20. The Morgan fingerprint density at radius 2 is 2.08 bits per heavy atom. The van der Waals surface area contributed by atoms with Gasteiger partial charge in [-0.05, 0) is 25.0 Å². The Balaban J connectivity index is 2.48. The smallest absolute Gasteiger partial charge is 0.128 e. The van der Waals surface area contributed by atoms with Crippen molar-refractivity contribution in [2.75, 3.05) is 0 Å². The SMILES string of the molecule is CCCC=C=CC1(C)CC1(Cl)Cl. The van der Waals surface area contributed by atoms with E-state index in [1.807, 2.05) is 12.2 Å². The lowest BCUT2D eigenvalue weighted by Gasteiger charge is -2.01. The van der Waals surface area contributed by atoms with Gasteiger partial charge in [0, 0.05) is 5.41 Å². The fourth-order valence-corrected chi connectivity index (χ4v) is 1.71. The highest BCUT2D eigenvalue weighted by Crippen LogP contribution is 2.64. The first kappa shape index (κ1) is 10.2. The molecule has 1 unspecified atom stereocenters. The molecule has 1 aliphatic carbocycles. The Morgan fingerprint density at radius 3 is 2.50 bits per heavy atom. The normalized spacial score (nSPS) is 30.7. The van der Waals surface area contributed by atoms with Crippen LogP contribution in [0.15, 0.2) is 17.9 Å². The maximum atomic E-state index is 5.94. The van der Waals surface area contributed by atoms with E-state index < -0.39 is 4.33 Å². The zero-order valence-electron chi connectivity index (χ0n) is 7.53. The molecule has 1 fully saturated rings. The zero-order valence-corrected chi connectivity index (χ0v) is 9.04. The summed E-state index contributed by atoms with van der Waals surface area (Å²) in [5.41, 5.74) is 3.08. The van der Waals surface area contributed by atoms with Gasteiger partial charge in [0.15, 0.2) is 0 Å². The number of allylic oxidation sites excluding steroid dienone is 1. The molecular formula is C10H14Cl2. The van der Waals surface area contributed by atoms with Gasteiger partial charge in [0.25, 0.3) is 0 Å². The summed E-state index contributed by atoms with van der Waals surface area (Å²) in [5.74, 6) is 0. The molecule has 1 aliphatic rings. The third kappa shape index (κ3) is 2.07. The van der Waals surface area contributed by atoms with E-state index in [0.29, 0.717) is 0 Å². The first-order valence-electron chi connectivity index (χ1n) is 4.32. The van der Waals surface area contributed by atoms with Gasteiger partial charge in [0.1, 0.15) is 4.33 Å². The van der Waals surface area contributed by atoms with Crippen molar-refractivity contribution in [3.05, 3.63) is 17.9 Å². The lowest BCUT2D eigenvalue weighted by molar-refractivity contribution is 0.734. The van der Waals surface area contributed by atoms with Crippen molar-refractivity contribution in [3.63, 3.8) is 0 Å². The van der Waals surface area contributed by atoms with Crippen LogP contribution < -0.4 is 0 Å². The first-order chi connectivity index (χ1) is 5.52. The predicted octanol–water partition coefficient (Wildman–Crippen LogP) is 4.08. The van der Waals surface area contributed by atoms with E-state index in [4.69, 9.17) is 23.2 Å². The van der Waals surface area contributed by atoms with Crippen molar-refractivity contribution >= 4 is 23.2 Å². The molecule has 1 rings (SSSR count). The molecule has 1 atom stereocenters. The van der Waals surface area contributed by atoms with Crippen LogP contribution in [-0.4, -0.2) is 4.33 Å². The van der Waals surface area contributed by atoms with Gasteiger partial charge in [0.05, 0.1) is 0 Å². The van der Waals surface area contributed by atoms with Gasteiger partial charge in [-0.15, -0.1) is 28.9 Å². The van der Waals surface area contributed by atoms with E-state index in [1.54, 1.807) is 0 Å². The van der Waals surface area contributed by atoms with Crippen LogP contribution in [0.1, 0.15) is 33.1 Å². The van der Waals surface area contributed by atoms with E-state index in [0.717, 1.165) is 19.3 Å². The third-order valence-corrected chi connectivity index (χ3v) is 3.38. The quantitative estimate of drug-likeness (QED) is 0.481. The maximum absolute atomic E-state index is 5.94. The Bertz CT molecular complexity index is 224. The van der Waals surface area contributed by atoms with Crippen molar-refractivity contribution in [1.82, 2.24) is 0 Å². The summed E-state index contributed by atoms with van der Waals surface area (Å²) in [7, 11) is 0. The van der Waals surface area contributed by atoms with Crippen LogP contribution in [0, 0.1) is 5.41 Å². The summed E-state index contributed by atoms with van der Waals surface area (Å²) in [6, 6.07) is 0. The van der Waals surface area contributed by atoms with Crippen molar-refractivity contribution in [2.24, 2.45) is 5.41 Å². The minimum absolute atomic E-state index is 0.0413. The highest BCUT2D eigenvalue weighted by Gasteiger charge is 2.61. The molecule has 2 heteroatoms. The van der Waals surface area contributed by atoms with Gasteiger partial charge in [0.2, 0.25) is 0 Å². The second-order valence-corrected chi connectivity index (χ2v) is 5.09. The molecule has 12 heavy (non-hydrogen) atoms. The average Bonchev–Trinajstić information content (AvgIpc) is 2.45. The Labute approximate surface area is 84.2 Å². The molecule has 68 valence electrons. The second kappa shape index (κ2) is 3.46. The second-order valence-electron chi connectivity index (χ2n) is 3.60. The molecule has 0 nitrogen and oxygen atoms in total. The van der Waals surface area contributed by atoms with Crippen LogP contribution in [-0.2, 0) is 0 Å². The van der Waals surface area contributed by atoms with E-state index in [-0.39, 0.29) is 5.41 Å². The molecule has 0 heterocycles. The van der Waals surface area contributed by atoms with Crippen molar-refractivity contribution < 1.29 is 0 Å². The van der Waals surface area contributed by atoms with Crippen LogP contribution >= 0.6 is 23.2 Å². The number of hydrogen-bond acceptors (Lipinski definition) is 0. The summed E-state index contributed by atoms with van der Waals surface area (Å²) >= 11 is 11.9. The minimum atomic E-state index is -0.542. The number of alkyl halides is 2. The molecular weight excluding hydrogens is 191 g/mol. The lowest BCUT2D eigenvalue weighted by Crippen LogP contribution is -1.98. The van der Waals surface area contributed by atoms with Crippen LogP contribution in [0.25, 0.3) is 0 Å². The molecule has 0 spiro atoms. The average molecular weight is 205 g/mol. The van der Waals surface area contributed by atoms with Gasteiger partial charge in [-0.3, -0.25) is 0 Å². The van der Waals surface area contributed by atoms with E-state index in [2.05, 4.69) is 19.6 Å². The molecule has 0 aromatic carbocycles. The number of hydrogen-bond donors (Lipinski definition) is 0. The van der Waals surface area contributed by atoms with E-state index in [9.17, 15) is 0 Å². The highest BCUT2D eigenvalue weighted by molar-refractivity contribution is 6.51. The molecule has 0 bridgehead atoms. The largest absolute Gasteiger partial charge is 0.129 e. The van der Waals surface area contributed by atoms with Gasteiger partial charge in [-0.2, -0.15) is 0 Å². The zero-order chi connectivity index (χ0) is 9.24. The summed E-state index contributed by atoms with van der Waals surface area (Å²) < 4.78 is -0.542. The number of unbranched alkanes of at least 4 members (excludes halogenated alkanes) is 1. The monoisotopic (exact) mass is 204 g/mol. The van der Waals surface area contributed by atoms with Crippen molar-refractivity contribution in [3.8, 4) is 0 Å². The maximum Gasteiger partial charge on any atom is 0.128 e. The fraction of sp³-hybridized carbons (Fsp3) is 0.700. The lowest BCUT2D eigenvalue weighted by atomic mass is 10.1. The van der Waals surface area contributed by atoms with Crippen LogP contribution in [0.4, 0.5) is 0 Å². The summed E-state index contributed by atoms with van der Waals surface area (Å²) in [4.78, 5) is 0. The van der Waals surface area contributed by atoms with E-state index >= 15 is 0 Å². The predicted molar refractivity (Wildman–Crippen MR) is 54.7 cm³/mol. The van der Waals surface area contributed by atoms with E-state index in [1.165, 1.54) is 0 Å². The van der Waals surface area contributed by atoms with Crippen molar-refractivity contribution in [1.29, 1.82) is 0 Å². The summed E-state index contributed by atoms with van der Waals surface area (Å²) in [5, 5.41) is 0. The van der Waals surface area contributed by atoms with Gasteiger partial charge in [-0.25, -0.2) is 0 Å². The van der Waals surface area contributed by atoms with Crippen LogP contribution in [0.3, 0.4) is 0 Å². The fourth-order valence-electron chi connectivity index (χ4n) is 1.04. The molecule has 0 aromatic rings. The third-order valence-electron chi connectivity index (χ3n) is 2.25. The van der Waals surface area contributed by atoms with Crippen molar-refractivity contribution in [2.45, 2.75) is 37.4 Å². The molecule has 1 saturated carbocycles. The van der Waals surface area contributed by atoms with Crippen LogP contribution in [0.5, 0.6) is 0 Å². The molecule has 0 aromatic heterocycles. The molecule has 0 N–H and O–H groups in total. The first-order valence-corrected chi connectivity index (χ1v) is 5.07. The minimum Gasteiger partial charge on any atom is -0.129 e. The Morgan fingerprint density at radius 1 is 1.50 bits per heavy atom. The number of rotatable bonds is 3. The van der Waals surface area contributed by atoms with Gasteiger partial charge < -0.3 is 0 Å². The summed E-state index contributed by atoms with van der Waals surface area (Å²) in [6.07, 6.45) is 7.10. The van der Waals surface area contributed by atoms with Gasteiger partial charge >= 0.3 is 0 Å². The molecule has 0 radical (unpaired) electrons. The van der Waals surface area contributed by atoms with Gasteiger partial charge in [-0.1, -0.05) is 20.3 Å². The Kier molecular flexibility index (Phi) is 2.93. The number of halogens is 2. The Hall–Kier alpha value is 0.100. The topological polar surface area (TPSA) is 0 Å². The molecule has 0 amide bonds. The molecule has 0 aliphatic heterocycles. The van der Waals surface area contributed by atoms with Crippen LogP contribution in [0.2, 0.25) is 0 Å². The highest BCUT2D eigenvalue weighted by atomic mass is 35.5. The molecule has 0 saturated heterocycles. The standard InChI is InChI=1S/C10H14Cl2/c1-3-4-5-6-7-9(2)8-10(9,11)12/h5,7H,3-4,8H2,1-2H3.